The molecule has 0 unspecified atom stereocenters. The molecule has 2 aromatic rings. The van der Waals surface area contributed by atoms with Crippen LogP contribution >= 0.6 is 35.3 Å². The molecular weight excluding hydrogens is 888 g/mol. The molecule has 12 nitrogen and oxygen atoms in total. The molecule has 2 aliphatic heterocycles. The van der Waals surface area contributed by atoms with Crippen LogP contribution in [0.1, 0.15) is 106 Å². The van der Waals surface area contributed by atoms with Gasteiger partial charge in [0.15, 0.2) is 5.12 Å². The van der Waals surface area contributed by atoms with E-state index in [1.54, 1.807) is 53.4 Å². The van der Waals surface area contributed by atoms with E-state index in [0.717, 1.165) is 36.8 Å². The molecule has 0 bridgehead atoms. The number of carbonyl (C=O) groups excluding carboxylic acids is 5. The molecule has 350 valence electrons. The first-order valence-corrected chi connectivity index (χ1v) is 25.0. The number of rotatable bonds is 12. The number of hydrogen-bond donors (Lipinski definition) is 0. The smallest absolute Gasteiger partial charge is 0.855 e. The van der Waals surface area contributed by atoms with Gasteiger partial charge in [0.25, 0.3) is 0 Å². The van der Waals surface area contributed by atoms with Gasteiger partial charge < -0.3 is 33.9 Å². The van der Waals surface area contributed by atoms with Crippen molar-refractivity contribution in [2.75, 3.05) is 38.5 Å². The van der Waals surface area contributed by atoms with Crippen LogP contribution in [0.3, 0.4) is 0 Å². The molecule has 2 fully saturated rings. The minimum Gasteiger partial charge on any atom is -0.855 e. The molecule has 0 N–H and O–H groups in total. The fourth-order valence-corrected chi connectivity index (χ4v) is 8.97. The molecule has 63 heavy (non-hydrogen) atoms. The van der Waals surface area contributed by atoms with E-state index in [1.165, 1.54) is 11.8 Å². The zero-order valence-electron chi connectivity index (χ0n) is 40.3. The number of amides is 2. The van der Waals surface area contributed by atoms with Gasteiger partial charge in [-0.3, -0.25) is 14.4 Å². The van der Waals surface area contributed by atoms with E-state index in [-0.39, 0.29) is 135 Å². The van der Waals surface area contributed by atoms with Crippen molar-refractivity contribution in [1.29, 1.82) is 0 Å². The van der Waals surface area contributed by atoms with Crippen LogP contribution in [-0.4, -0.2) is 111 Å². The van der Waals surface area contributed by atoms with Crippen LogP contribution in [-0.2, 0) is 46.5 Å². The largest absolute Gasteiger partial charge is 1.00 e. The molecule has 0 aliphatic carbocycles. The summed E-state index contributed by atoms with van der Waals surface area (Å²) in [7, 11) is 0. The number of carbonyl (C=O) groups is 5. The first-order valence-electron chi connectivity index (χ1n) is 21.2. The van der Waals surface area contributed by atoms with Crippen LogP contribution in [0.5, 0.6) is 0 Å². The van der Waals surface area contributed by atoms with Crippen LogP contribution in [0.2, 0.25) is 0 Å². The van der Waals surface area contributed by atoms with E-state index < -0.39 is 11.2 Å². The quantitative estimate of drug-likeness (QED) is 0.134. The maximum absolute atomic E-state index is 12.6. The Morgan fingerprint density at radius 1 is 0.667 bits per heavy atom. The number of nitrogens with zero attached hydrogens (tertiary/aromatic N) is 2. The average Bonchev–Trinajstić information content (AvgIpc) is 3.91. The van der Waals surface area contributed by atoms with Crippen molar-refractivity contribution in [2.24, 2.45) is 11.8 Å². The van der Waals surface area contributed by atoms with Crippen molar-refractivity contribution >= 4 is 64.5 Å². The predicted octanol–water partition coefficient (Wildman–Crippen LogP) is 6.26. The molecule has 0 saturated carbocycles. The summed E-state index contributed by atoms with van der Waals surface area (Å²) >= 11 is 4.47. The Kier molecular flexibility index (Phi) is 31.1. The summed E-state index contributed by atoms with van der Waals surface area (Å²) in [6, 6.07) is 19.3. The fraction of sp³-hybridized carbons (Fsp3) is 0.638. The van der Waals surface area contributed by atoms with Gasteiger partial charge in [-0.25, -0.2) is 9.59 Å². The van der Waals surface area contributed by atoms with E-state index in [9.17, 15) is 24.0 Å². The summed E-state index contributed by atoms with van der Waals surface area (Å²) in [6.07, 6.45) is 8.74. The second-order valence-electron chi connectivity index (χ2n) is 16.9. The Morgan fingerprint density at radius 2 is 0.968 bits per heavy atom. The summed E-state index contributed by atoms with van der Waals surface area (Å²) in [4.78, 5) is 63.7. The van der Waals surface area contributed by atoms with E-state index >= 15 is 0 Å². The molecular formula is C47H73KN2O10S3. The van der Waals surface area contributed by atoms with Crippen molar-refractivity contribution in [1.82, 2.24) is 9.80 Å². The molecule has 0 spiro atoms. The van der Waals surface area contributed by atoms with E-state index in [2.05, 4.69) is 0 Å². The standard InChI is InChI=1S/2C21H31NO4S.C3H6OS.C2H5O.K/c2*1-15(19(23)25-14-16-10-7-6-8-11-16)18(27-5)17-12-9-13-22(17)20(24)26-21(2,3)4;1-3(4)5-2;1-2-3;/h2*6-8,10-11,15,17-18H,9,12-14H2,1-5H3;1-2H3;2H2,1H3;/q;;;-1;+1/t15-,17+,18-;15-,17-,18+;;;/m10.../s1. The Labute approximate surface area is 433 Å². The first-order chi connectivity index (χ1) is 29.1. The number of ether oxygens (including phenoxy) is 4. The van der Waals surface area contributed by atoms with E-state index in [1.807, 2.05) is 129 Å². The Morgan fingerprint density at radius 3 is 1.22 bits per heavy atom. The van der Waals surface area contributed by atoms with Crippen molar-refractivity contribution < 1.29 is 99.4 Å². The van der Waals surface area contributed by atoms with Gasteiger partial charge in [0.05, 0.1) is 11.8 Å². The zero-order chi connectivity index (χ0) is 47.0. The normalized spacial score (nSPS) is 17.6. The summed E-state index contributed by atoms with van der Waals surface area (Å²) < 4.78 is 22.2. The van der Waals surface area contributed by atoms with Crippen LogP contribution in [0, 0.1) is 11.8 Å². The minimum absolute atomic E-state index is 0. The van der Waals surface area contributed by atoms with Gasteiger partial charge in [-0.15, -0.1) is 6.61 Å². The zero-order valence-corrected chi connectivity index (χ0v) is 45.9. The molecule has 2 heterocycles. The first kappa shape index (κ1) is 61.2. The molecule has 2 aliphatic rings. The number of thioether (sulfide) groups is 3. The average molecular weight is 961 g/mol. The third kappa shape index (κ3) is 24.0. The van der Waals surface area contributed by atoms with E-state index in [4.69, 9.17) is 24.1 Å². The second kappa shape index (κ2) is 32.0. The predicted molar refractivity (Wildman–Crippen MR) is 252 cm³/mol. The second-order valence-corrected chi connectivity index (χ2v) is 19.9. The Hall–Kier alpha value is -1.76. The monoisotopic (exact) mass is 960 g/mol. The molecule has 6 atom stereocenters. The van der Waals surface area contributed by atoms with E-state index in [0.29, 0.717) is 13.1 Å². The van der Waals surface area contributed by atoms with Gasteiger partial charge in [-0.05, 0) is 97.1 Å². The van der Waals surface area contributed by atoms with Crippen molar-refractivity contribution in [3.63, 3.8) is 0 Å². The van der Waals surface area contributed by atoms with Crippen molar-refractivity contribution in [3.05, 3.63) is 71.8 Å². The van der Waals surface area contributed by atoms with Crippen LogP contribution in [0.4, 0.5) is 9.59 Å². The topological polar surface area (TPSA) is 152 Å². The van der Waals surface area contributed by atoms with Gasteiger partial charge in [-0.2, -0.15) is 23.5 Å². The fourth-order valence-electron chi connectivity index (χ4n) is 6.74. The third-order valence-corrected chi connectivity index (χ3v) is 12.7. The van der Waals surface area contributed by atoms with Gasteiger partial charge >= 0.3 is 75.5 Å². The SMILES string of the molecule is CC[O-].CSC(C)=O.CS[C@H]([C@@H](C)C(=O)OCc1ccccc1)[C@@H]1CCCN1C(=O)OC(C)(C)C.CS[C@H]([C@H](C)C(=O)OCc1ccccc1)[C@@H]1CCCN1C(=O)OC(C)(C)C.[K+]. The van der Waals surface area contributed by atoms with Crippen LogP contribution in [0.25, 0.3) is 0 Å². The van der Waals surface area contributed by atoms with Gasteiger partial charge in [-0.1, -0.05) is 93.2 Å². The third-order valence-electron chi connectivity index (χ3n) is 9.62. The van der Waals surface area contributed by atoms with Gasteiger partial charge in [0, 0.05) is 42.6 Å². The maximum Gasteiger partial charge on any atom is 1.00 e. The van der Waals surface area contributed by atoms with Crippen molar-refractivity contribution in [2.45, 2.75) is 142 Å². The number of benzene rings is 2. The van der Waals surface area contributed by atoms with Crippen LogP contribution < -0.4 is 56.5 Å². The number of esters is 2. The summed E-state index contributed by atoms with van der Waals surface area (Å²) in [6.45, 7) is 20.0. The molecule has 2 amide bonds. The minimum atomic E-state index is -0.528. The number of likely N-dealkylation sites (tertiary alicyclic amines) is 2. The van der Waals surface area contributed by atoms with Crippen molar-refractivity contribution in [3.8, 4) is 0 Å². The summed E-state index contributed by atoms with van der Waals surface area (Å²) in [5, 5.41) is 9.05. The van der Waals surface area contributed by atoms with Gasteiger partial charge in [0.2, 0.25) is 0 Å². The summed E-state index contributed by atoms with van der Waals surface area (Å²) in [5.41, 5.74) is 0.878. The summed E-state index contributed by atoms with van der Waals surface area (Å²) in [5.74, 6) is -1.07. The molecule has 0 radical (unpaired) electrons. The molecule has 0 aromatic heterocycles. The molecule has 2 saturated heterocycles. The van der Waals surface area contributed by atoms with Gasteiger partial charge in [0.1, 0.15) is 24.4 Å². The Bertz CT molecular complexity index is 1520. The van der Waals surface area contributed by atoms with Crippen LogP contribution in [0.15, 0.2) is 60.7 Å². The molecule has 16 heteroatoms. The Balaban J connectivity index is 0.00000103. The molecule has 4 rings (SSSR count). The number of hydrogen-bond acceptors (Lipinski definition) is 13. The molecule has 2 aromatic carbocycles. The maximum atomic E-state index is 12.6.